The minimum absolute atomic E-state index is 0.103. The van der Waals surface area contributed by atoms with Gasteiger partial charge in [0.25, 0.3) is 0 Å². The molecule has 84 valence electrons. The second kappa shape index (κ2) is 3.80. The lowest BCUT2D eigenvalue weighted by Gasteiger charge is -2.03. The molecule has 0 saturated heterocycles. The molecular weight excluding hydrogens is 211 g/mol. The largest absolute Gasteiger partial charge is 0.399 e. The molecule has 1 aromatic carbocycles. The van der Waals surface area contributed by atoms with Crippen molar-refractivity contribution in [3.63, 3.8) is 0 Å². The number of aryl methyl sites for hydroxylation is 1. The van der Waals surface area contributed by atoms with Crippen molar-refractivity contribution in [1.82, 2.24) is 14.3 Å². The first-order chi connectivity index (χ1) is 7.58. The molecule has 2 N–H and O–H groups in total. The normalized spacial score (nSPS) is 10.6. The first kappa shape index (κ1) is 10.4. The molecule has 0 spiro atoms. The molecule has 2 aromatic rings. The fraction of sp³-hybridized carbons (Fsp3) is 0.200. The number of rotatable bonds is 2. The Hall–Kier alpha value is -2.11. The third kappa shape index (κ3) is 1.81. The number of hydrogen-bond acceptors (Lipinski definition) is 3. The van der Waals surface area contributed by atoms with Crippen molar-refractivity contribution in [3.8, 4) is 0 Å². The molecule has 0 aliphatic heterocycles. The van der Waals surface area contributed by atoms with Crippen LogP contribution in [0.3, 0.4) is 0 Å². The minimum Gasteiger partial charge on any atom is -0.399 e. The lowest BCUT2D eigenvalue weighted by Crippen LogP contribution is -2.23. The lowest BCUT2D eigenvalue weighted by atomic mass is 10.2. The van der Waals surface area contributed by atoms with E-state index in [-0.39, 0.29) is 12.2 Å². The Bertz CT molecular complexity index is 572. The van der Waals surface area contributed by atoms with Gasteiger partial charge in [-0.1, -0.05) is 6.07 Å². The molecule has 0 amide bonds. The van der Waals surface area contributed by atoms with Gasteiger partial charge >= 0.3 is 5.69 Å². The fourth-order valence-corrected chi connectivity index (χ4v) is 1.38. The molecular formula is C10H11FN4O. The average molecular weight is 222 g/mol. The van der Waals surface area contributed by atoms with Crippen LogP contribution in [0.2, 0.25) is 0 Å². The van der Waals surface area contributed by atoms with Crippen molar-refractivity contribution in [1.29, 1.82) is 0 Å². The van der Waals surface area contributed by atoms with Crippen molar-refractivity contribution in [2.75, 3.05) is 5.73 Å². The van der Waals surface area contributed by atoms with E-state index in [0.29, 0.717) is 11.3 Å². The highest BCUT2D eigenvalue weighted by Gasteiger charge is 2.07. The average Bonchev–Trinajstić information content (AvgIpc) is 2.54. The van der Waals surface area contributed by atoms with E-state index in [4.69, 9.17) is 5.73 Å². The van der Waals surface area contributed by atoms with Crippen LogP contribution < -0.4 is 11.4 Å². The number of halogens is 1. The standard InChI is InChI=1S/C10H11FN4O/c1-14-6-13-15(10(14)16)5-7-2-3-8(12)4-9(7)11/h2-4,6H,5,12H2,1H3. The summed E-state index contributed by atoms with van der Waals surface area (Å²) in [5.41, 5.74) is 5.89. The maximum absolute atomic E-state index is 13.4. The van der Waals surface area contributed by atoms with E-state index >= 15 is 0 Å². The first-order valence-corrected chi connectivity index (χ1v) is 4.70. The van der Waals surface area contributed by atoms with E-state index in [2.05, 4.69) is 5.10 Å². The van der Waals surface area contributed by atoms with Gasteiger partial charge in [0.15, 0.2) is 0 Å². The Labute approximate surface area is 90.9 Å². The number of nitrogens with zero attached hydrogens (tertiary/aromatic N) is 3. The summed E-state index contributed by atoms with van der Waals surface area (Å²) in [6.45, 7) is 0.103. The highest BCUT2D eigenvalue weighted by atomic mass is 19.1. The minimum atomic E-state index is -0.433. The van der Waals surface area contributed by atoms with Crippen molar-refractivity contribution >= 4 is 5.69 Å². The van der Waals surface area contributed by atoms with Gasteiger partial charge in [-0.3, -0.25) is 4.57 Å². The quantitative estimate of drug-likeness (QED) is 0.746. The van der Waals surface area contributed by atoms with Crippen LogP contribution in [-0.4, -0.2) is 14.3 Å². The van der Waals surface area contributed by atoms with Crippen LogP contribution in [0.1, 0.15) is 5.56 Å². The summed E-state index contributed by atoms with van der Waals surface area (Å²) in [5, 5.41) is 3.84. The van der Waals surface area contributed by atoms with Crippen LogP contribution in [-0.2, 0) is 13.6 Å². The zero-order valence-corrected chi connectivity index (χ0v) is 8.72. The van der Waals surface area contributed by atoms with Crippen molar-refractivity contribution in [3.05, 3.63) is 46.4 Å². The van der Waals surface area contributed by atoms with Gasteiger partial charge in [-0.2, -0.15) is 5.10 Å². The SMILES string of the molecule is Cn1cnn(Cc2ccc(N)cc2F)c1=O. The summed E-state index contributed by atoms with van der Waals surface area (Å²) in [6, 6.07) is 4.36. The molecule has 0 fully saturated rings. The summed E-state index contributed by atoms with van der Waals surface area (Å²) in [7, 11) is 1.59. The Morgan fingerprint density at radius 1 is 1.50 bits per heavy atom. The lowest BCUT2D eigenvalue weighted by molar-refractivity contribution is 0.575. The van der Waals surface area contributed by atoms with Gasteiger partial charge in [0.2, 0.25) is 0 Å². The molecule has 16 heavy (non-hydrogen) atoms. The summed E-state index contributed by atoms with van der Waals surface area (Å²) in [5.74, 6) is -0.433. The van der Waals surface area contributed by atoms with Gasteiger partial charge < -0.3 is 5.73 Å². The maximum atomic E-state index is 13.4. The van der Waals surface area contributed by atoms with Gasteiger partial charge in [0.1, 0.15) is 12.1 Å². The van der Waals surface area contributed by atoms with Gasteiger partial charge in [0, 0.05) is 18.3 Å². The number of nitrogens with two attached hydrogens (primary N) is 1. The molecule has 0 bridgehead atoms. The van der Waals surface area contributed by atoms with E-state index in [9.17, 15) is 9.18 Å². The summed E-state index contributed by atoms with van der Waals surface area (Å²) >= 11 is 0. The van der Waals surface area contributed by atoms with Crippen molar-refractivity contribution < 1.29 is 4.39 Å². The number of hydrogen-bond donors (Lipinski definition) is 1. The van der Waals surface area contributed by atoms with Crippen molar-refractivity contribution in [2.24, 2.45) is 7.05 Å². The van der Waals surface area contributed by atoms with E-state index in [1.807, 2.05) is 0 Å². The second-order valence-electron chi connectivity index (χ2n) is 3.53. The monoisotopic (exact) mass is 222 g/mol. The summed E-state index contributed by atoms with van der Waals surface area (Å²) < 4.78 is 16.0. The zero-order valence-electron chi connectivity index (χ0n) is 8.72. The van der Waals surface area contributed by atoms with E-state index in [1.54, 1.807) is 19.2 Å². The molecule has 6 heteroatoms. The topological polar surface area (TPSA) is 65.8 Å². The van der Waals surface area contributed by atoms with Gasteiger partial charge in [0.05, 0.1) is 6.54 Å². The fourth-order valence-electron chi connectivity index (χ4n) is 1.38. The Morgan fingerprint density at radius 3 is 2.81 bits per heavy atom. The number of anilines is 1. The molecule has 0 unspecified atom stereocenters. The zero-order chi connectivity index (χ0) is 11.7. The number of nitrogen functional groups attached to an aromatic ring is 1. The van der Waals surface area contributed by atoms with E-state index < -0.39 is 5.82 Å². The molecule has 0 aliphatic rings. The maximum Gasteiger partial charge on any atom is 0.345 e. The Kier molecular flexibility index (Phi) is 2.47. The first-order valence-electron chi connectivity index (χ1n) is 4.70. The van der Waals surface area contributed by atoms with Crippen LogP contribution in [0.15, 0.2) is 29.3 Å². The molecule has 2 rings (SSSR count). The molecule has 1 aromatic heterocycles. The van der Waals surface area contributed by atoms with E-state index in [1.165, 1.54) is 21.6 Å². The molecule has 1 heterocycles. The molecule has 5 nitrogen and oxygen atoms in total. The summed E-state index contributed by atoms with van der Waals surface area (Å²) in [4.78, 5) is 11.5. The highest BCUT2D eigenvalue weighted by Crippen LogP contribution is 2.12. The second-order valence-corrected chi connectivity index (χ2v) is 3.53. The van der Waals surface area contributed by atoms with Crippen LogP contribution in [0.25, 0.3) is 0 Å². The number of benzene rings is 1. The highest BCUT2D eigenvalue weighted by molar-refractivity contribution is 5.40. The third-order valence-corrected chi connectivity index (χ3v) is 2.28. The van der Waals surface area contributed by atoms with Crippen LogP contribution in [0.5, 0.6) is 0 Å². The van der Waals surface area contributed by atoms with E-state index in [0.717, 1.165) is 0 Å². The Balaban J connectivity index is 2.34. The molecule has 0 atom stereocenters. The summed E-state index contributed by atoms with van der Waals surface area (Å²) in [6.07, 6.45) is 1.39. The van der Waals surface area contributed by atoms with Crippen molar-refractivity contribution in [2.45, 2.75) is 6.54 Å². The van der Waals surface area contributed by atoms with Gasteiger partial charge in [-0.15, -0.1) is 0 Å². The van der Waals surface area contributed by atoms with Gasteiger partial charge in [-0.05, 0) is 12.1 Å². The number of aromatic nitrogens is 3. The predicted molar refractivity (Wildman–Crippen MR) is 57.4 cm³/mol. The van der Waals surface area contributed by atoms with Crippen LogP contribution in [0, 0.1) is 5.82 Å². The predicted octanol–water partition coefficient (Wildman–Crippen LogP) is 0.351. The van der Waals surface area contributed by atoms with Crippen LogP contribution >= 0.6 is 0 Å². The Morgan fingerprint density at radius 2 is 2.25 bits per heavy atom. The molecule has 0 aliphatic carbocycles. The third-order valence-electron chi connectivity index (χ3n) is 2.28. The molecule has 0 saturated carbocycles. The van der Waals surface area contributed by atoms with Crippen LogP contribution in [0.4, 0.5) is 10.1 Å². The smallest absolute Gasteiger partial charge is 0.345 e. The van der Waals surface area contributed by atoms with Gasteiger partial charge in [-0.25, -0.2) is 13.9 Å². The molecule has 0 radical (unpaired) electrons.